The molecule has 0 saturated carbocycles. The van der Waals surface area contributed by atoms with E-state index in [9.17, 15) is 15.0 Å². The Morgan fingerprint density at radius 3 is 2.34 bits per heavy atom. The van der Waals surface area contributed by atoms with E-state index < -0.39 is 36.4 Å². The van der Waals surface area contributed by atoms with Crippen LogP contribution in [0.2, 0.25) is 0 Å². The van der Waals surface area contributed by atoms with Gasteiger partial charge < -0.3 is 38.3 Å². The molecule has 3 aromatic rings. The number of carbonyl (C=O) groups excluding carboxylic acids is 1. The molecule has 1 amide bonds. The number of amides is 1. The quantitative estimate of drug-likeness (QED) is 0.299. The van der Waals surface area contributed by atoms with Gasteiger partial charge in [-0.15, -0.1) is 0 Å². The minimum Gasteiger partial charge on any atom is -0.493 e. The van der Waals surface area contributed by atoms with Crippen LogP contribution >= 0.6 is 0 Å². The van der Waals surface area contributed by atoms with Crippen LogP contribution in [-0.4, -0.2) is 57.1 Å². The first kappa shape index (κ1) is 25.4. The van der Waals surface area contributed by atoms with Crippen molar-refractivity contribution in [2.24, 2.45) is 16.9 Å². The maximum absolute atomic E-state index is 13.7. The van der Waals surface area contributed by atoms with Crippen molar-refractivity contribution in [1.82, 2.24) is 5.43 Å². The van der Waals surface area contributed by atoms with Gasteiger partial charge in [0.2, 0.25) is 18.4 Å². The fourth-order valence-corrected chi connectivity index (χ4v) is 5.19. The summed E-state index contributed by atoms with van der Waals surface area (Å²) in [6.45, 7) is -0.423. The number of ether oxygens (including phenoxy) is 5. The second kappa shape index (κ2) is 10.6. The summed E-state index contributed by atoms with van der Waals surface area (Å²) in [5.74, 6) is -0.377. The SMILES string of the molecule is COc1cc([C@@H]2c3cc4c(cc3[C@H](O)[C@@H](CO)[C@@H]2C(=O)N/N=C/c2ccco2)OCO4)cc(OC)c1OC. The first-order valence-electron chi connectivity index (χ1n) is 11.9. The number of hydrogen-bond acceptors (Lipinski definition) is 10. The summed E-state index contributed by atoms with van der Waals surface area (Å²) in [6, 6.07) is 10.3. The number of fused-ring (bicyclic) bond motifs is 2. The van der Waals surface area contributed by atoms with E-state index >= 15 is 0 Å². The number of hydrogen-bond donors (Lipinski definition) is 3. The topological polar surface area (TPSA) is 141 Å². The zero-order valence-electron chi connectivity index (χ0n) is 21.0. The Kier molecular flexibility index (Phi) is 7.12. The second-order valence-corrected chi connectivity index (χ2v) is 8.84. The summed E-state index contributed by atoms with van der Waals surface area (Å²) in [5.41, 5.74) is 4.34. The van der Waals surface area contributed by atoms with Crippen LogP contribution in [0.4, 0.5) is 0 Å². The summed E-state index contributed by atoms with van der Waals surface area (Å²) in [7, 11) is 4.51. The summed E-state index contributed by atoms with van der Waals surface area (Å²) >= 11 is 0. The van der Waals surface area contributed by atoms with Gasteiger partial charge in [-0.1, -0.05) is 0 Å². The number of nitrogens with one attached hydrogen (secondary N) is 1. The molecule has 11 nitrogen and oxygen atoms in total. The molecule has 0 unspecified atom stereocenters. The molecule has 3 N–H and O–H groups in total. The van der Waals surface area contributed by atoms with E-state index in [1.807, 2.05) is 0 Å². The second-order valence-electron chi connectivity index (χ2n) is 8.84. The molecule has 11 heteroatoms. The number of aliphatic hydroxyl groups is 2. The Morgan fingerprint density at radius 2 is 1.76 bits per heavy atom. The molecule has 0 saturated heterocycles. The Hall–Kier alpha value is -4.22. The molecule has 200 valence electrons. The third-order valence-electron chi connectivity index (χ3n) is 6.93. The van der Waals surface area contributed by atoms with Crippen LogP contribution in [-0.2, 0) is 4.79 Å². The van der Waals surface area contributed by atoms with Crippen molar-refractivity contribution in [3.05, 3.63) is 65.1 Å². The van der Waals surface area contributed by atoms with Gasteiger partial charge in [0.15, 0.2) is 23.0 Å². The lowest BCUT2D eigenvalue weighted by atomic mass is 9.65. The molecule has 2 heterocycles. The van der Waals surface area contributed by atoms with Crippen LogP contribution < -0.4 is 29.1 Å². The predicted molar refractivity (Wildman–Crippen MR) is 134 cm³/mol. The highest BCUT2D eigenvalue weighted by molar-refractivity contribution is 5.84. The van der Waals surface area contributed by atoms with Gasteiger partial charge in [0, 0.05) is 18.4 Å². The first-order valence-corrected chi connectivity index (χ1v) is 11.9. The van der Waals surface area contributed by atoms with Gasteiger partial charge in [0.05, 0.1) is 45.8 Å². The normalized spacial score (nSPS) is 21.7. The van der Waals surface area contributed by atoms with Crippen LogP contribution in [0.1, 0.15) is 34.5 Å². The highest BCUT2D eigenvalue weighted by atomic mass is 16.7. The van der Waals surface area contributed by atoms with Crippen LogP contribution in [0.5, 0.6) is 28.7 Å². The maximum atomic E-state index is 13.7. The minimum absolute atomic E-state index is 0.0397. The summed E-state index contributed by atoms with van der Waals surface area (Å²) in [4.78, 5) is 13.7. The lowest BCUT2D eigenvalue weighted by Gasteiger charge is -2.41. The third kappa shape index (κ3) is 4.39. The number of aliphatic hydroxyl groups excluding tert-OH is 2. The van der Waals surface area contributed by atoms with Crippen molar-refractivity contribution in [2.45, 2.75) is 12.0 Å². The molecular weight excluding hydrogens is 496 g/mol. The van der Waals surface area contributed by atoms with Gasteiger partial charge in [-0.3, -0.25) is 4.79 Å². The standard InChI is InChI=1S/C27H28N2O9/c1-33-21-7-14(8-22(34-2)26(21)35-3)23-16-9-19-20(38-13-37-19)10-17(16)25(31)18(12-30)24(23)27(32)29-28-11-15-5-4-6-36-15/h4-11,18,23-25,30-31H,12-13H2,1-3H3,(H,29,32)/b28-11+/t18-,23+,24-,25-/m0/s1. The van der Waals surface area contributed by atoms with Crippen molar-refractivity contribution in [3.63, 3.8) is 0 Å². The first-order chi connectivity index (χ1) is 18.5. The predicted octanol–water partition coefficient (Wildman–Crippen LogP) is 2.59. The molecule has 1 aliphatic heterocycles. The molecule has 5 rings (SSSR count). The van der Waals surface area contributed by atoms with Gasteiger partial charge in [-0.25, -0.2) is 5.43 Å². The third-order valence-corrected chi connectivity index (χ3v) is 6.93. The maximum Gasteiger partial charge on any atom is 0.244 e. The number of rotatable bonds is 8. The van der Waals surface area contributed by atoms with E-state index in [-0.39, 0.29) is 6.79 Å². The Bertz CT molecular complexity index is 1310. The minimum atomic E-state index is -1.16. The highest BCUT2D eigenvalue weighted by Crippen LogP contribution is 2.53. The van der Waals surface area contributed by atoms with Gasteiger partial charge in [-0.2, -0.15) is 5.10 Å². The number of furan rings is 1. The van der Waals surface area contributed by atoms with E-state index in [1.54, 1.807) is 36.4 Å². The number of benzene rings is 2. The molecule has 1 aliphatic carbocycles. The fraction of sp³-hybridized carbons (Fsp3) is 0.333. The van der Waals surface area contributed by atoms with Crippen molar-refractivity contribution in [3.8, 4) is 28.7 Å². The highest BCUT2D eigenvalue weighted by Gasteiger charge is 2.47. The average Bonchev–Trinajstić information content (AvgIpc) is 3.63. The fourth-order valence-electron chi connectivity index (χ4n) is 5.19. The van der Waals surface area contributed by atoms with Crippen LogP contribution in [0.3, 0.4) is 0 Å². The van der Waals surface area contributed by atoms with Gasteiger partial charge in [0.1, 0.15) is 5.76 Å². The molecule has 0 radical (unpaired) electrons. The lowest BCUT2D eigenvalue weighted by Crippen LogP contribution is -2.44. The van der Waals surface area contributed by atoms with Gasteiger partial charge in [0.25, 0.3) is 0 Å². The van der Waals surface area contributed by atoms with Crippen molar-refractivity contribution >= 4 is 12.1 Å². The Morgan fingerprint density at radius 1 is 1.08 bits per heavy atom. The molecule has 4 atom stereocenters. The summed E-state index contributed by atoms with van der Waals surface area (Å²) < 4.78 is 33.0. The lowest BCUT2D eigenvalue weighted by molar-refractivity contribution is -0.131. The molecule has 2 aliphatic rings. The van der Waals surface area contributed by atoms with E-state index in [2.05, 4.69) is 10.5 Å². The molecule has 0 fully saturated rings. The smallest absolute Gasteiger partial charge is 0.244 e. The van der Waals surface area contributed by atoms with Crippen LogP contribution in [0, 0.1) is 11.8 Å². The molecule has 0 bridgehead atoms. The van der Waals surface area contributed by atoms with E-state index in [0.29, 0.717) is 51.2 Å². The molecule has 1 aromatic heterocycles. The average molecular weight is 525 g/mol. The molecule has 38 heavy (non-hydrogen) atoms. The number of methoxy groups -OCH3 is 3. The Balaban J connectivity index is 1.66. The molecular formula is C27H28N2O9. The zero-order chi connectivity index (χ0) is 26.8. The molecule has 2 aromatic carbocycles. The van der Waals surface area contributed by atoms with Crippen molar-refractivity contribution < 1.29 is 43.1 Å². The van der Waals surface area contributed by atoms with Gasteiger partial charge in [-0.05, 0) is 53.1 Å². The zero-order valence-corrected chi connectivity index (χ0v) is 21.0. The van der Waals surface area contributed by atoms with E-state index in [0.717, 1.165) is 0 Å². The number of nitrogens with zero attached hydrogens (tertiary/aromatic N) is 1. The number of hydrazone groups is 1. The van der Waals surface area contributed by atoms with Crippen LogP contribution in [0.15, 0.2) is 52.2 Å². The Labute approximate surface area is 218 Å². The largest absolute Gasteiger partial charge is 0.493 e. The molecule has 0 spiro atoms. The van der Waals surface area contributed by atoms with Gasteiger partial charge >= 0.3 is 0 Å². The monoisotopic (exact) mass is 524 g/mol. The number of carbonyl (C=O) groups is 1. The van der Waals surface area contributed by atoms with E-state index in [1.165, 1.54) is 33.8 Å². The summed E-state index contributed by atoms with van der Waals surface area (Å²) in [5, 5.41) is 25.8. The van der Waals surface area contributed by atoms with Crippen molar-refractivity contribution in [1.29, 1.82) is 0 Å². The van der Waals surface area contributed by atoms with Crippen molar-refractivity contribution in [2.75, 3.05) is 34.7 Å². The van der Waals surface area contributed by atoms with E-state index in [4.69, 9.17) is 28.1 Å². The summed E-state index contributed by atoms with van der Waals surface area (Å²) in [6.07, 6.45) is 1.70. The van der Waals surface area contributed by atoms with Crippen LogP contribution in [0.25, 0.3) is 0 Å².